The van der Waals surface area contributed by atoms with Crippen molar-refractivity contribution in [3.63, 3.8) is 0 Å². The zero-order valence-electron chi connectivity index (χ0n) is 9.87. The summed E-state index contributed by atoms with van der Waals surface area (Å²) in [7, 11) is 0. The molecule has 4 nitrogen and oxygen atoms in total. The van der Waals surface area contributed by atoms with Gasteiger partial charge in [-0.2, -0.15) is 4.98 Å². The lowest BCUT2D eigenvalue weighted by molar-refractivity contribution is 0.432. The zero-order chi connectivity index (χ0) is 12.4. The second kappa shape index (κ2) is 4.41. The standard InChI is InChI=1S/C14H11N3O/c1-10-2-4-11(5-3-10)13-16-14(18-17-13)12-6-8-15-9-7-12/h2-9H,1H3. The topological polar surface area (TPSA) is 51.8 Å². The summed E-state index contributed by atoms with van der Waals surface area (Å²) in [5.74, 6) is 1.11. The lowest BCUT2D eigenvalue weighted by Gasteiger charge is -1.94. The highest BCUT2D eigenvalue weighted by Gasteiger charge is 2.09. The number of hydrogen-bond acceptors (Lipinski definition) is 4. The maximum atomic E-state index is 5.25. The second-order valence-corrected chi connectivity index (χ2v) is 4.03. The first-order valence-electron chi connectivity index (χ1n) is 5.64. The fourth-order valence-electron chi connectivity index (χ4n) is 1.66. The molecule has 2 aromatic heterocycles. The summed E-state index contributed by atoms with van der Waals surface area (Å²) in [6.07, 6.45) is 3.40. The number of rotatable bonds is 2. The van der Waals surface area contributed by atoms with Gasteiger partial charge < -0.3 is 4.52 Å². The molecule has 0 saturated heterocycles. The van der Waals surface area contributed by atoms with Crippen LogP contribution >= 0.6 is 0 Å². The average molecular weight is 237 g/mol. The van der Waals surface area contributed by atoms with Crippen molar-refractivity contribution in [2.75, 3.05) is 0 Å². The van der Waals surface area contributed by atoms with Crippen LogP contribution in [0.2, 0.25) is 0 Å². The van der Waals surface area contributed by atoms with Crippen molar-refractivity contribution >= 4 is 0 Å². The third kappa shape index (κ3) is 2.00. The summed E-state index contributed by atoms with van der Waals surface area (Å²) in [5, 5.41) is 3.99. The quantitative estimate of drug-likeness (QED) is 0.687. The van der Waals surface area contributed by atoms with Gasteiger partial charge in [-0.25, -0.2) is 0 Å². The van der Waals surface area contributed by atoms with E-state index >= 15 is 0 Å². The van der Waals surface area contributed by atoms with Gasteiger partial charge in [0.05, 0.1) is 0 Å². The third-order valence-electron chi connectivity index (χ3n) is 2.66. The maximum absolute atomic E-state index is 5.25. The van der Waals surface area contributed by atoms with Crippen molar-refractivity contribution in [1.29, 1.82) is 0 Å². The molecule has 0 N–H and O–H groups in total. The fourth-order valence-corrected chi connectivity index (χ4v) is 1.66. The van der Waals surface area contributed by atoms with Gasteiger partial charge in [-0.1, -0.05) is 35.0 Å². The van der Waals surface area contributed by atoms with Crippen molar-refractivity contribution in [2.24, 2.45) is 0 Å². The molecule has 0 unspecified atom stereocenters. The number of benzene rings is 1. The monoisotopic (exact) mass is 237 g/mol. The minimum absolute atomic E-state index is 0.507. The van der Waals surface area contributed by atoms with E-state index in [0.29, 0.717) is 11.7 Å². The second-order valence-electron chi connectivity index (χ2n) is 4.03. The lowest BCUT2D eigenvalue weighted by Crippen LogP contribution is -1.82. The Morgan fingerprint density at radius 3 is 2.33 bits per heavy atom. The Hall–Kier alpha value is -2.49. The Balaban J connectivity index is 1.97. The number of aromatic nitrogens is 3. The van der Waals surface area contributed by atoms with Gasteiger partial charge in [0.1, 0.15) is 0 Å². The fraction of sp³-hybridized carbons (Fsp3) is 0.0714. The van der Waals surface area contributed by atoms with Crippen molar-refractivity contribution in [1.82, 2.24) is 15.1 Å². The molecule has 4 heteroatoms. The van der Waals surface area contributed by atoms with E-state index in [1.54, 1.807) is 12.4 Å². The minimum atomic E-state index is 0.507. The highest BCUT2D eigenvalue weighted by Crippen LogP contribution is 2.21. The van der Waals surface area contributed by atoms with E-state index in [-0.39, 0.29) is 0 Å². The highest BCUT2D eigenvalue weighted by atomic mass is 16.5. The molecule has 0 aliphatic carbocycles. The van der Waals surface area contributed by atoms with Gasteiger partial charge in [0.25, 0.3) is 5.89 Å². The Kier molecular flexibility index (Phi) is 2.61. The molecule has 0 aliphatic rings. The predicted molar refractivity (Wildman–Crippen MR) is 67.7 cm³/mol. The predicted octanol–water partition coefficient (Wildman–Crippen LogP) is 3.11. The average Bonchev–Trinajstić information content (AvgIpc) is 2.90. The van der Waals surface area contributed by atoms with E-state index < -0.39 is 0 Å². The molecule has 88 valence electrons. The van der Waals surface area contributed by atoms with Gasteiger partial charge in [0.15, 0.2) is 0 Å². The summed E-state index contributed by atoms with van der Waals surface area (Å²) < 4.78 is 5.25. The van der Waals surface area contributed by atoms with Gasteiger partial charge in [-0.05, 0) is 19.1 Å². The van der Waals surface area contributed by atoms with Crippen molar-refractivity contribution in [2.45, 2.75) is 6.92 Å². The first kappa shape index (κ1) is 10.7. The van der Waals surface area contributed by atoms with Crippen LogP contribution in [0.1, 0.15) is 5.56 Å². The Labute approximate surface area is 104 Å². The van der Waals surface area contributed by atoms with Crippen LogP contribution in [0.15, 0.2) is 53.3 Å². The van der Waals surface area contributed by atoms with Gasteiger partial charge in [-0.15, -0.1) is 0 Å². The lowest BCUT2D eigenvalue weighted by atomic mass is 10.1. The van der Waals surface area contributed by atoms with Crippen molar-refractivity contribution in [3.05, 3.63) is 54.4 Å². The maximum Gasteiger partial charge on any atom is 0.258 e. The Morgan fingerprint density at radius 1 is 0.889 bits per heavy atom. The molecule has 0 atom stereocenters. The first-order chi connectivity index (χ1) is 8.83. The van der Waals surface area contributed by atoms with Crippen LogP contribution in [0.25, 0.3) is 22.8 Å². The number of hydrogen-bond donors (Lipinski definition) is 0. The van der Waals surface area contributed by atoms with E-state index in [1.165, 1.54) is 5.56 Å². The molecule has 0 amide bonds. The van der Waals surface area contributed by atoms with Crippen molar-refractivity contribution in [3.8, 4) is 22.8 Å². The number of pyridine rings is 1. The van der Waals surface area contributed by atoms with Crippen LogP contribution in [-0.4, -0.2) is 15.1 Å². The van der Waals surface area contributed by atoms with Gasteiger partial charge in [0, 0.05) is 23.5 Å². The molecule has 0 aliphatic heterocycles. The molecule has 3 aromatic rings. The SMILES string of the molecule is Cc1ccc(-c2noc(-c3ccncc3)n2)cc1. The van der Waals surface area contributed by atoms with E-state index in [4.69, 9.17) is 4.52 Å². The summed E-state index contributed by atoms with van der Waals surface area (Å²) >= 11 is 0. The molecule has 0 bridgehead atoms. The van der Waals surface area contributed by atoms with Crippen LogP contribution in [0.5, 0.6) is 0 Å². The van der Waals surface area contributed by atoms with E-state index in [0.717, 1.165) is 11.1 Å². The van der Waals surface area contributed by atoms with Crippen LogP contribution < -0.4 is 0 Å². The summed E-state index contributed by atoms with van der Waals surface area (Å²) in [6, 6.07) is 11.7. The molecular weight excluding hydrogens is 226 g/mol. The molecule has 0 spiro atoms. The summed E-state index contributed by atoms with van der Waals surface area (Å²) in [6.45, 7) is 2.04. The summed E-state index contributed by atoms with van der Waals surface area (Å²) in [4.78, 5) is 8.33. The molecule has 1 aromatic carbocycles. The summed E-state index contributed by atoms with van der Waals surface area (Å²) in [5.41, 5.74) is 3.03. The van der Waals surface area contributed by atoms with E-state index in [1.807, 2.05) is 43.3 Å². The minimum Gasteiger partial charge on any atom is -0.334 e. The normalized spacial score (nSPS) is 10.5. The van der Waals surface area contributed by atoms with Gasteiger partial charge in [0.2, 0.25) is 5.82 Å². The number of nitrogens with zero attached hydrogens (tertiary/aromatic N) is 3. The molecule has 0 radical (unpaired) electrons. The Bertz CT molecular complexity index is 644. The smallest absolute Gasteiger partial charge is 0.258 e. The van der Waals surface area contributed by atoms with Crippen LogP contribution in [0.3, 0.4) is 0 Å². The molecule has 0 saturated carbocycles. The van der Waals surface area contributed by atoms with Gasteiger partial charge in [-0.3, -0.25) is 4.98 Å². The molecule has 3 rings (SSSR count). The van der Waals surface area contributed by atoms with Crippen molar-refractivity contribution < 1.29 is 4.52 Å². The van der Waals surface area contributed by atoms with Crippen LogP contribution in [-0.2, 0) is 0 Å². The first-order valence-corrected chi connectivity index (χ1v) is 5.64. The van der Waals surface area contributed by atoms with Crippen LogP contribution in [0.4, 0.5) is 0 Å². The third-order valence-corrected chi connectivity index (χ3v) is 2.66. The molecule has 18 heavy (non-hydrogen) atoms. The zero-order valence-corrected chi connectivity index (χ0v) is 9.87. The van der Waals surface area contributed by atoms with E-state index in [2.05, 4.69) is 15.1 Å². The van der Waals surface area contributed by atoms with Gasteiger partial charge >= 0.3 is 0 Å². The highest BCUT2D eigenvalue weighted by molar-refractivity contribution is 5.59. The molecule has 2 heterocycles. The molecule has 0 fully saturated rings. The number of aryl methyl sites for hydroxylation is 1. The Morgan fingerprint density at radius 2 is 1.61 bits per heavy atom. The largest absolute Gasteiger partial charge is 0.334 e. The molecular formula is C14H11N3O. The van der Waals surface area contributed by atoms with Crippen LogP contribution in [0, 0.1) is 6.92 Å². The van der Waals surface area contributed by atoms with E-state index in [9.17, 15) is 0 Å².